The van der Waals surface area contributed by atoms with Crippen molar-refractivity contribution in [3.8, 4) is 17.1 Å². The highest BCUT2D eigenvalue weighted by atomic mass is 32.2. The molecule has 0 radical (unpaired) electrons. The molecular formula is C23H26FN7O3S. The molecule has 0 spiro atoms. The summed E-state index contributed by atoms with van der Waals surface area (Å²) in [6.07, 6.45) is 0. The third-order valence-electron chi connectivity index (χ3n) is 5.56. The van der Waals surface area contributed by atoms with Crippen LogP contribution in [0.15, 0.2) is 53.7 Å². The van der Waals surface area contributed by atoms with Crippen molar-refractivity contribution in [3.05, 3.63) is 54.3 Å². The van der Waals surface area contributed by atoms with Crippen LogP contribution in [0.2, 0.25) is 0 Å². The highest BCUT2D eigenvalue weighted by Gasteiger charge is 2.23. The van der Waals surface area contributed by atoms with Gasteiger partial charge in [-0.05, 0) is 48.5 Å². The van der Waals surface area contributed by atoms with Gasteiger partial charge in [-0.15, -0.1) is 10.2 Å². The molecule has 1 aliphatic heterocycles. The predicted octanol–water partition coefficient (Wildman–Crippen LogP) is 1.68. The molecule has 2 amide bonds. The van der Waals surface area contributed by atoms with Crippen molar-refractivity contribution in [1.29, 1.82) is 0 Å². The lowest BCUT2D eigenvalue weighted by atomic mass is 10.2. The van der Waals surface area contributed by atoms with Crippen molar-refractivity contribution in [3.63, 3.8) is 0 Å². The van der Waals surface area contributed by atoms with Crippen molar-refractivity contribution >= 4 is 29.3 Å². The number of halogens is 1. The first-order valence-corrected chi connectivity index (χ1v) is 11.9. The topological polar surface area (TPSA) is 119 Å². The van der Waals surface area contributed by atoms with Crippen LogP contribution in [0.5, 0.6) is 5.75 Å². The van der Waals surface area contributed by atoms with Crippen LogP contribution in [0.1, 0.15) is 0 Å². The first kappa shape index (κ1) is 24.5. The summed E-state index contributed by atoms with van der Waals surface area (Å²) in [6.45, 7) is 2.42. The van der Waals surface area contributed by atoms with Gasteiger partial charge in [0.1, 0.15) is 11.6 Å². The number of carbonyl (C=O) groups excluding carboxylic acids is 2. The van der Waals surface area contributed by atoms with E-state index >= 15 is 0 Å². The third-order valence-corrected chi connectivity index (χ3v) is 6.49. The molecule has 0 bridgehead atoms. The number of thioether (sulfide) groups is 1. The number of ether oxygens (including phenoxy) is 1. The summed E-state index contributed by atoms with van der Waals surface area (Å²) in [4.78, 5) is 28.7. The fourth-order valence-electron chi connectivity index (χ4n) is 3.62. The average Bonchev–Trinajstić information content (AvgIpc) is 3.24. The summed E-state index contributed by atoms with van der Waals surface area (Å²) in [5.74, 6) is 6.99. The molecule has 184 valence electrons. The van der Waals surface area contributed by atoms with E-state index in [1.54, 1.807) is 12.0 Å². The Kier molecular flexibility index (Phi) is 7.83. The van der Waals surface area contributed by atoms with Crippen LogP contribution >= 0.6 is 11.8 Å². The maximum atomic E-state index is 13.0. The van der Waals surface area contributed by atoms with E-state index in [4.69, 9.17) is 10.6 Å². The van der Waals surface area contributed by atoms with Crippen LogP contribution in [0.3, 0.4) is 0 Å². The zero-order valence-corrected chi connectivity index (χ0v) is 20.0. The maximum Gasteiger partial charge on any atom is 0.238 e. The normalized spacial score (nSPS) is 14.1. The number of nitrogens with two attached hydrogens (primary N) is 1. The molecular weight excluding hydrogens is 473 g/mol. The third kappa shape index (κ3) is 6.28. The molecule has 0 atom stereocenters. The number of methoxy groups -OCH3 is 1. The minimum Gasteiger partial charge on any atom is -0.497 e. The molecule has 35 heavy (non-hydrogen) atoms. The van der Waals surface area contributed by atoms with Gasteiger partial charge in [-0.2, -0.15) is 0 Å². The molecule has 3 N–H and O–H groups in total. The second-order valence-electron chi connectivity index (χ2n) is 7.91. The Morgan fingerprint density at radius 3 is 2.40 bits per heavy atom. The number of rotatable bonds is 8. The van der Waals surface area contributed by atoms with Crippen LogP contribution < -0.4 is 15.9 Å². The van der Waals surface area contributed by atoms with E-state index in [2.05, 4.69) is 15.5 Å². The Balaban J connectivity index is 1.22. The molecule has 1 aliphatic rings. The summed E-state index contributed by atoms with van der Waals surface area (Å²) < 4.78 is 19.5. The summed E-state index contributed by atoms with van der Waals surface area (Å²) in [7, 11) is 1.60. The molecule has 2 heterocycles. The van der Waals surface area contributed by atoms with Gasteiger partial charge < -0.3 is 20.8 Å². The Morgan fingerprint density at radius 2 is 1.74 bits per heavy atom. The number of nitrogen functional groups attached to an aromatic ring is 1. The molecule has 2 aromatic carbocycles. The summed E-state index contributed by atoms with van der Waals surface area (Å²) in [6, 6.07) is 12.9. The number of hydrogen-bond donors (Lipinski definition) is 2. The predicted molar refractivity (Wildman–Crippen MR) is 131 cm³/mol. The molecule has 4 rings (SSSR count). The monoisotopic (exact) mass is 499 g/mol. The van der Waals surface area contributed by atoms with Crippen LogP contribution in [0.4, 0.5) is 10.1 Å². The largest absolute Gasteiger partial charge is 0.497 e. The van der Waals surface area contributed by atoms with Crippen molar-refractivity contribution in [2.24, 2.45) is 0 Å². The van der Waals surface area contributed by atoms with Crippen molar-refractivity contribution < 1.29 is 18.7 Å². The lowest BCUT2D eigenvalue weighted by Crippen LogP contribution is -2.50. The van der Waals surface area contributed by atoms with Gasteiger partial charge in [-0.25, -0.2) is 9.07 Å². The van der Waals surface area contributed by atoms with Gasteiger partial charge in [0.25, 0.3) is 0 Å². The maximum absolute atomic E-state index is 13.0. The highest BCUT2D eigenvalue weighted by Crippen LogP contribution is 2.24. The van der Waals surface area contributed by atoms with Gasteiger partial charge in [0, 0.05) is 37.4 Å². The summed E-state index contributed by atoms with van der Waals surface area (Å²) >= 11 is 1.23. The number of piperazine rings is 1. The summed E-state index contributed by atoms with van der Waals surface area (Å²) in [5.41, 5.74) is 1.34. The van der Waals surface area contributed by atoms with Crippen molar-refractivity contribution in [1.82, 2.24) is 24.7 Å². The molecule has 0 unspecified atom stereocenters. The summed E-state index contributed by atoms with van der Waals surface area (Å²) in [5, 5.41) is 11.4. The Labute approximate surface area is 206 Å². The first-order valence-electron chi connectivity index (χ1n) is 11.0. The number of aromatic nitrogens is 3. The van der Waals surface area contributed by atoms with E-state index in [9.17, 15) is 14.0 Å². The van der Waals surface area contributed by atoms with E-state index < -0.39 is 0 Å². The van der Waals surface area contributed by atoms with Crippen molar-refractivity contribution in [2.45, 2.75) is 5.16 Å². The molecule has 3 aromatic rings. The number of nitrogens with one attached hydrogen (secondary N) is 1. The molecule has 10 nitrogen and oxygen atoms in total. The Morgan fingerprint density at radius 1 is 1.06 bits per heavy atom. The van der Waals surface area contributed by atoms with E-state index in [0.29, 0.717) is 42.8 Å². The lowest BCUT2D eigenvalue weighted by molar-refractivity contribution is -0.130. The van der Waals surface area contributed by atoms with Crippen molar-refractivity contribution in [2.75, 3.05) is 56.7 Å². The first-order chi connectivity index (χ1) is 16.9. The van der Waals surface area contributed by atoms with Crippen LogP contribution in [-0.2, 0) is 9.59 Å². The molecule has 1 aromatic heterocycles. The number of amides is 2. The van der Waals surface area contributed by atoms with Gasteiger partial charge in [0.15, 0.2) is 5.82 Å². The minimum absolute atomic E-state index is 0.0283. The van der Waals surface area contributed by atoms with Crippen LogP contribution in [0, 0.1) is 5.82 Å². The number of benzene rings is 2. The minimum atomic E-state index is -0.355. The van der Waals surface area contributed by atoms with Gasteiger partial charge >= 0.3 is 0 Å². The zero-order valence-electron chi connectivity index (χ0n) is 19.2. The van der Waals surface area contributed by atoms with E-state index in [-0.39, 0.29) is 29.9 Å². The SMILES string of the molecule is COc1ccc(-c2nnc(SCC(=O)N3CCN(CC(=O)Nc4ccc(F)cc4)CC3)n2N)cc1. The highest BCUT2D eigenvalue weighted by molar-refractivity contribution is 7.99. The molecule has 0 saturated carbocycles. The van der Waals surface area contributed by atoms with Gasteiger partial charge in [-0.3, -0.25) is 14.5 Å². The van der Waals surface area contributed by atoms with Gasteiger partial charge in [0.2, 0.25) is 17.0 Å². The molecule has 12 heteroatoms. The molecule has 1 fully saturated rings. The lowest BCUT2D eigenvalue weighted by Gasteiger charge is -2.34. The fraction of sp³-hybridized carbons (Fsp3) is 0.304. The number of hydrogen-bond acceptors (Lipinski definition) is 8. The van der Waals surface area contributed by atoms with Crippen LogP contribution in [0.25, 0.3) is 11.4 Å². The van der Waals surface area contributed by atoms with E-state index in [1.165, 1.54) is 40.7 Å². The zero-order chi connectivity index (χ0) is 24.8. The molecule has 0 aliphatic carbocycles. The van der Waals surface area contributed by atoms with Gasteiger partial charge in [-0.1, -0.05) is 11.8 Å². The van der Waals surface area contributed by atoms with Gasteiger partial charge in [0.05, 0.1) is 19.4 Å². The van der Waals surface area contributed by atoms with E-state index in [1.807, 2.05) is 29.2 Å². The standard InChI is InChI=1S/C23H26FN7O3S/c1-34-19-8-2-16(3-9-19)22-27-28-23(31(22)25)35-15-21(33)30-12-10-29(11-13-30)14-20(32)26-18-6-4-17(24)5-7-18/h2-9H,10-15,25H2,1H3,(H,26,32). The Bertz CT molecular complexity index is 1160. The van der Waals surface area contributed by atoms with Crippen LogP contribution in [-0.4, -0.2) is 82.1 Å². The Hall–Kier alpha value is -3.64. The molecule has 1 saturated heterocycles. The fourth-order valence-corrected chi connectivity index (χ4v) is 4.38. The second kappa shape index (κ2) is 11.2. The van der Waals surface area contributed by atoms with E-state index in [0.717, 1.165) is 11.3 Å². The number of nitrogens with zero attached hydrogens (tertiary/aromatic N) is 5. The number of carbonyl (C=O) groups is 2. The number of anilines is 1. The second-order valence-corrected chi connectivity index (χ2v) is 8.85. The smallest absolute Gasteiger partial charge is 0.238 e. The average molecular weight is 500 g/mol. The quantitative estimate of drug-likeness (QED) is 0.355.